The molecule has 0 heterocycles. The number of aliphatic hydroxyl groups excluding tert-OH is 1. The van der Waals surface area contributed by atoms with Gasteiger partial charge in [0, 0.05) is 12.5 Å². The van der Waals surface area contributed by atoms with Gasteiger partial charge in [-0.15, -0.1) is 0 Å². The van der Waals surface area contributed by atoms with Crippen molar-refractivity contribution in [3.8, 4) is 0 Å². The Morgan fingerprint density at radius 3 is 2.23 bits per heavy atom. The van der Waals surface area contributed by atoms with Gasteiger partial charge in [0.1, 0.15) is 17.2 Å². The minimum atomic E-state index is -1.25. The van der Waals surface area contributed by atoms with Crippen LogP contribution in [0.2, 0.25) is 0 Å². The monoisotopic (exact) mass is 421 g/mol. The van der Waals surface area contributed by atoms with Crippen molar-refractivity contribution in [1.82, 2.24) is 5.32 Å². The topological polar surface area (TPSA) is 95.9 Å². The Bertz CT molecular complexity index is 890. The van der Waals surface area contributed by atoms with Crippen LogP contribution in [0.4, 0.5) is 13.6 Å². The summed E-state index contributed by atoms with van der Waals surface area (Å²) in [4.78, 5) is 23.7. The summed E-state index contributed by atoms with van der Waals surface area (Å²) in [5.74, 6) is -2.72. The second-order valence-corrected chi connectivity index (χ2v) is 7.97. The fourth-order valence-corrected chi connectivity index (χ4v) is 3.00. The molecule has 0 aliphatic carbocycles. The van der Waals surface area contributed by atoms with Crippen LogP contribution < -0.4 is 5.32 Å². The lowest BCUT2D eigenvalue weighted by Crippen LogP contribution is -2.47. The largest absolute Gasteiger partial charge is 0.478 e. The van der Waals surface area contributed by atoms with Crippen molar-refractivity contribution in [2.24, 2.45) is 0 Å². The highest BCUT2D eigenvalue weighted by atomic mass is 19.1. The third-order valence-electron chi connectivity index (χ3n) is 4.22. The van der Waals surface area contributed by atoms with Gasteiger partial charge in [-0.3, -0.25) is 0 Å². The molecular weight excluding hydrogens is 396 g/mol. The Labute approximate surface area is 173 Å². The van der Waals surface area contributed by atoms with E-state index >= 15 is 0 Å². The first-order chi connectivity index (χ1) is 13.9. The number of nitrogens with one attached hydrogen (secondary N) is 1. The second-order valence-electron chi connectivity index (χ2n) is 7.97. The number of hydrogen-bond donors (Lipinski definition) is 3. The molecule has 8 heteroatoms. The summed E-state index contributed by atoms with van der Waals surface area (Å²) in [5, 5.41) is 22.6. The normalized spacial score (nSPS) is 13.4. The van der Waals surface area contributed by atoms with E-state index in [1.165, 1.54) is 6.07 Å². The van der Waals surface area contributed by atoms with E-state index in [0.717, 1.165) is 18.2 Å². The van der Waals surface area contributed by atoms with Gasteiger partial charge in [0.25, 0.3) is 0 Å². The standard InChI is InChI=1S/C22H25F2NO5/c1-22(2,3)30-21(29)25-18(10-13-8-15(23)12-16(24)9-13)19(26)11-14-6-4-5-7-17(14)20(27)28/h4-9,12,18-19,26H,10-11H2,1-3H3,(H,25,29)(H,27,28)/t18-,19-/m0/s1. The number of benzene rings is 2. The van der Waals surface area contributed by atoms with Crippen molar-refractivity contribution in [2.75, 3.05) is 0 Å². The molecule has 0 saturated heterocycles. The molecule has 162 valence electrons. The van der Waals surface area contributed by atoms with E-state index in [-0.39, 0.29) is 24.0 Å². The van der Waals surface area contributed by atoms with E-state index in [1.54, 1.807) is 39.0 Å². The summed E-state index contributed by atoms with van der Waals surface area (Å²) in [5.41, 5.74) is -0.192. The minimum Gasteiger partial charge on any atom is -0.478 e. The number of alkyl carbamates (subject to hydrolysis) is 1. The first-order valence-electron chi connectivity index (χ1n) is 9.38. The number of aromatic carboxylic acids is 1. The van der Waals surface area contributed by atoms with Gasteiger partial charge in [-0.2, -0.15) is 0 Å². The molecular formula is C22H25F2NO5. The van der Waals surface area contributed by atoms with Crippen LogP contribution in [-0.2, 0) is 17.6 Å². The van der Waals surface area contributed by atoms with Crippen LogP contribution >= 0.6 is 0 Å². The molecule has 0 bridgehead atoms. The number of carbonyl (C=O) groups is 2. The van der Waals surface area contributed by atoms with Gasteiger partial charge < -0.3 is 20.3 Å². The third-order valence-corrected chi connectivity index (χ3v) is 4.22. The van der Waals surface area contributed by atoms with Gasteiger partial charge in [-0.05, 0) is 56.5 Å². The summed E-state index contributed by atoms with van der Waals surface area (Å²) < 4.78 is 32.4. The molecule has 6 nitrogen and oxygen atoms in total. The van der Waals surface area contributed by atoms with Crippen molar-refractivity contribution in [1.29, 1.82) is 0 Å². The summed E-state index contributed by atoms with van der Waals surface area (Å²) in [6, 6.07) is 8.09. The first-order valence-corrected chi connectivity index (χ1v) is 9.38. The molecule has 0 aliphatic rings. The SMILES string of the molecule is CC(C)(C)OC(=O)N[C@@H](Cc1cc(F)cc(F)c1)[C@@H](O)Cc1ccccc1C(=O)O. The maximum Gasteiger partial charge on any atom is 0.407 e. The average molecular weight is 421 g/mol. The van der Waals surface area contributed by atoms with Gasteiger partial charge in [0.05, 0.1) is 17.7 Å². The minimum absolute atomic E-state index is 0.0179. The zero-order valence-corrected chi connectivity index (χ0v) is 17.0. The lowest BCUT2D eigenvalue weighted by Gasteiger charge is -2.27. The molecule has 2 aromatic rings. The van der Waals surface area contributed by atoms with Crippen LogP contribution in [0.5, 0.6) is 0 Å². The van der Waals surface area contributed by atoms with E-state index in [4.69, 9.17) is 4.74 Å². The quantitative estimate of drug-likeness (QED) is 0.634. The number of aliphatic hydroxyl groups is 1. The molecule has 30 heavy (non-hydrogen) atoms. The highest BCUT2D eigenvalue weighted by molar-refractivity contribution is 5.89. The molecule has 0 aromatic heterocycles. The first kappa shape index (κ1) is 23.3. The third kappa shape index (κ3) is 7.11. The lowest BCUT2D eigenvalue weighted by atomic mass is 9.94. The highest BCUT2D eigenvalue weighted by Gasteiger charge is 2.26. The van der Waals surface area contributed by atoms with Crippen molar-refractivity contribution in [2.45, 2.75) is 51.4 Å². The molecule has 0 saturated carbocycles. The van der Waals surface area contributed by atoms with Gasteiger partial charge in [0.15, 0.2) is 0 Å². The van der Waals surface area contributed by atoms with Gasteiger partial charge in [-0.1, -0.05) is 18.2 Å². The van der Waals surface area contributed by atoms with Crippen LogP contribution in [-0.4, -0.2) is 40.0 Å². The zero-order valence-electron chi connectivity index (χ0n) is 17.0. The van der Waals surface area contributed by atoms with E-state index in [2.05, 4.69) is 5.32 Å². The van der Waals surface area contributed by atoms with Crippen molar-refractivity contribution >= 4 is 12.1 Å². The summed E-state index contributed by atoms with van der Waals surface area (Å²) >= 11 is 0. The highest BCUT2D eigenvalue weighted by Crippen LogP contribution is 2.17. The van der Waals surface area contributed by atoms with Crippen LogP contribution in [0.25, 0.3) is 0 Å². The zero-order chi connectivity index (χ0) is 22.5. The average Bonchev–Trinajstić information content (AvgIpc) is 2.59. The summed E-state index contributed by atoms with van der Waals surface area (Å²) in [6.07, 6.45) is -2.25. The van der Waals surface area contributed by atoms with Crippen molar-refractivity contribution in [3.63, 3.8) is 0 Å². The van der Waals surface area contributed by atoms with Crippen LogP contribution in [0.3, 0.4) is 0 Å². The Morgan fingerprint density at radius 2 is 1.67 bits per heavy atom. The van der Waals surface area contributed by atoms with Crippen molar-refractivity contribution in [3.05, 3.63) is 70.8 Å². The van der Waals surface area contributed by atoms with Gasteiger partial charge >= 0.3 is 12.1 Å². The number of rotatable bonds is 7. The lowest BCUT2D eigenvalue weighted by molar-refractivity contribution is 0.0420. The maximum atomic E-state index is 13.6. The Hall–Kier alpha value is -3.00. The molecule has 0 spiro atoms. The predicted octanol–water partition coefficient (Wildman–Crippen LogP) is 3.70. The molecule has 2 atom stereocenters. The molecule has 0 aliphatic heterocycles. The summed E-state index contributed by atoms with van der Waals surface area (Å²) in [7, 11) is 0. The molecule has 0 fully saturated rings. The van der Waals surface area contributed by atoms with Crippen molar-refractivity contribution < 1.29 is 33.3 Å². The molecule has 0 unspecified atom stereocenters. The van der Waals surface area contributed by atoms with Crippen LogP contribution in [0.1, 0.15) is 42.3 Å². The molecule has 1 amide bonds. The Morgan fingerprint density at radius 1 is 1.07 bits per heavy atom. The van der Waals surface area contributed by atoms with Crippen LogP contribution in [0, 0.1) is 11.6 Å². The second kappa shape index (κ2) is 9.67. The maximum absolute atomic E-state index is 13.6. The van der Waals surface area contributed by atoms with Gasteiger partial charge in [-0.25, -0.2) is 18.4 Å². The fraction of sp³-hybridized carbons (Fsp3) is 0.364. The number of hydrogen-bond acceptors (Lipinski definition) is 4. The Kier molecular flexibility index (Phi) is 7.50. The summed E-state index contributed by atoms with van der Waals surface area (Å²) in [6.45, 7) is 5.01. The number of amides is 1. The molecule has 0 radical (unpaired) electrons. The number of carboxylic acids is 1. The van der Waals surface area contributed by atoms with E-state index in [0.29, 0.717) is 5.56 Å². The predicted molar refractivity (Wildman–Crippen MR) is 106 cm³/mol. The Balaban J connectivity index is 2.27. The molecule has 2 rings (SSSR count). The van der Waals surface area contributed by atoms with E-state index in [9.17, 15) is 28.6 Å². The van der Waals surface area contributed by atoms with Crippen LogP contribution in [0.15, 0.2) is 42.5 Å². The van der Waals surface area contributed by atoms with E-state index in [1.807, 2.05) is 0 Å². The van der Waals surface area contributed by atoms with Gasteiger partial charge in [0.2, 0.25) is 0 Å². The number of halogens is 2. The van der Waals surface area contributed by atoms with E-state index < -0.39 is 41.4 Å². The molecule has 2 aromatic carbocycles. The number of carboxylic acid groups (broad SMARTS) is 1. The smallest absolute Gasteiger partial charge is 0.407 e. The number of carbonyl (C=O) groups excluding carboxylic acids is 1. The molecule has 3 N–H and O–H groups in total. The fourth-order valence-electron chi connectivity index (χ4n) is 3.00. The number of ether oxygens (including phenoxy) is 1.